The molecule has 104 valence electrons. The molecule has 1 aromatic rings. The second-order valence-corrected chi connectivity index (χ2v) is 6.30. The molecule has 0 saturated heterocycles. The molecule has 6 heteroatoms. The highest BCUT2D eigenvalue weighted by Crippen LogP contribution is 2.16. The van der Waals surface area contributed by atoms with E-state index in [1.54, 1.807) is 12.1 Å². The molecule has 0 fully saturated rings. The lowest BCUT2D eigenvalue weighted by atomic mass is 10.2. The lowest BCUT2D eigenvalue weighted by Gasteiger charge is -2.17. The van der Waals surface area contributed by atoms with E-state index in [2.05, 4.69) is 0 Å². The van der Waals surface area contributed by atoms with E-state index in [1.165, 1.54) is 23.5 Å². The molecule has 1 aromatic carbocycles. The van der Waals surface area contributed by atoms with Crippen LogP contribution in [0.25, 0.3) is 0 Å². The second-order valence-electron chi connectivity index (χ2n) is 4.25. The summed E-state index contributed by atoms with van der Waals surface area (Å²) in [5, 5.41) is 17.4. The van der Waals surface area contributed by atoms with Crippen molar-refractivity contribution in [2.75, 3.05) is 20.2 Å². The highest BCUT2D eigenvalue weighted by atomic mass is 32.2. The number of hydrogen-bond acceptors (Lipinski definition) is 4. The third-order valence-electron chi connectivity index (χ3n) is 2.80. The number of nitriles is 1. The minimum atomic E-state index is -3.54. The SMILES string of the molecule is CN(CCCCCO)S(=O)(=O)c1cccc(C#N)c1. The predicted octanol–water partition coefficient (Wildman–Crippen LogP) is 1.34. The first-order valence-corrected chi connectivity index (χ1v) is 7.53. The van der Waals surface area contributed by atoms with Crippen molar-refractivity contribution < 1.29 is 13.5 Å². The Kier molecular flexibility index (Phi) is 5.96. The summed E-state index contributed by atoms with van der Waals surface area (Å²) in [5.74, 6) is 0. The molecule has 1 rings (SSSR count). The van der Waals surface area contributed by atoms with Crippen LogP contribution in [0.1, 0.15) is 24.8 Å². The number of aliphatic hydroxyl groups excluding tert-OH is 1. The van der Waals surface area contributed by atoms with Crippen LogP contribution in [0, 0.1) is 11.3 Å². The minimum Gasteiger partial charge on any atom is -0.396 e. The van der Waals surface area contributed by atoms with Crippen molar-refractivity contribution in [3.63, 3.8) is 0 Å². The summed E-state index contributed by atoms with van der Waals surface area (Å²) in [5.41, 5.74) is 0.328. The van der Waals surface area contributed by atoms with Gasteiger partial charge in [-0.3, -0.25) is 0 Å². The fourth-order valence-electron chi connectivity index (χ4n) is 1.65. The van der Waals surface area contributed by atoms with Crippen molar-refractivity contribution >= 4 is 10.0 Å². The molecule has 1 N–H and O–H groups in total. The number of aliphatic hydroxyl groups is 1. The first-order chi connectivity index (χ1) is 9.02. The normalized spacial score (nSPS) is 11.5. The third-order valence-corrected chi connectivity index (χ3v) is 4.66. The van der Waals surface area contributed by atoms with Gasteiger partial charge in [0.1, 0.15) is 0 Å². The van der Waals surface area contributed by atoms with E-state index >= 15 is 0 Å². The van der Waals surface area contributed by atoms with Crippen LogP contribution in [0.5, 0.6) is 0 Å². The number of rotatable bonds is 7. The molecule has 0 amide bonds. The van der Waals surface area contributed by atoms with E-state index < -0.39 is 10.0 Å². The summed E-state index contributed by atoms with van der Waals surface area (Å²) in [6.45, 7) is 0.528. The molecule has 0 unspecified atom stereocenters. The molecule has 0 radical (unpaired) electrons. The van der Waals surface area contributed by atoms with E-state index in [9.17, 15) is 8.42 Å². The molecule has 0 aromatic heterocycles. The van der Waals surface area contributed by atoms with Crippen LogP contribution in [0.4, 0.5) is 0 Å². The van der Waals surface area contributed by atoms with Gasteiger partial charge in [0.25, 0.3) is 0 Å². The Morgan fingerprint density at radius 1 is 1.32 bits per heavy atom. The quantitative estimate of drug-likeness (QED) is 0.765. The van der Waals surface area contributed by atoms with Crippen LogP contribution in [-0.4, -0.2) is 38.0 Å². The van der Waals surface area contributed by atoms with Gasteiger partial charge in [-0.2, -0.15) is 5.26 Å². The fraction of sp³-hybridized carbons (Fsp3) is 0.462. The van der Waals surface area contributed by atoms with Gasteiger partial charge >= 0.3 is 0 Å². The molecule has 0 heterocycles. The van der Waals surface area contributed by atoms with Gasteiger partial charge < -0.3 is 5.11 Å². The van der Waals surface area contributed by atoms with Gasteiger partial charge in [-0.1, -0.05) is 6.07 Å². The van der Waals surface area contributed by atoms with Crippen molar-refractivity contribution in [1.82, 2.24) is 4.31 Å². The Hall–Kier alpha value is -1.42. The molecule has 0 aliphatic rings. The predicted molar refractivity (Wildman–Crippen MR) is 71.9 cm³/mol. The number of benzene rings is 1. The Morgan fingerprint density at radius 2 is 2.05 bits per heavy atom. The second kappa shape index (κ2) is 7.24. The van der Waals surface area contributed by atoms with Crippen molar-refractivity contribution in [2.24, 2.45) is 0 Å². The molecule has 0 aliphatic carbocycles. The standard InChI is InChI=1S/C13H18N2O3S/c1-15(8-3-2-4-9-16)19(17,18)13-7-5-6-12(10-13)11-14/h5-7,10,16H,2-4,8-9H2,1H3. The summed E-state index contributed by atoms with van der Waals surface area (Å²) in [6, 6.07) is 7.92. The number of unbranched alkanes of at least 4 members (excludes halogenated alkanes) is 2. The van der Waals surface area contributed by atoms with E-state index in [4.69, 9.17) is 10.4 Å². The van der Waals surface area contributed by atoms with Gasteiger partial charge in [-0.05, 0) is 37.5 Å². The first-order valence-electron chi connectivity index (χ1n) is 6.09. The van der Waals surface area contributed by atoms with Crippen LogP contribution in [0.2, 0.25) is 0 Å². The van der Waals surface area contributed by atoms with E-state index in [-0.39, 0.29) is 11.5 Å². The molecule has 0 aliphatic heterocycles. The molecule has 0 atom stereocenters. The van der Waals surface area contributed by atoms with Crippen LogP contribution < -0.4 is 0 Å². The highest BCUT2D eigenvalue weighted by molar-refractivity contribution is 7.89. The van der Waals surface area contributed by atoms with Gasteiger partial charge in [0.15, 0.2) is 0 Å². The Bertz CT molecular complexity index is 549. The smallest absolute Gasteiger partial charge is 0.242 e. The third kappa shape index (κ3) is 4.31. The van der Waals surface area contributed by atoms with Gasteiger partial charge in [-0.15, -0.1) is 0 Å². The summed E-state index contributed by atoms with van der Waals surface area (Å²) in [6.07, 6.45) is 2.17. The summed E-state index contributed by atoms with van der Waals surface area (Å²) in [7, 11) is -2.02. The zero-order valence-corrected chi connectivity index (χ0v) is 11.7. The number of nitrogens with zero attached hydrogens (tertiary/aromatic N) is 2. The van der Waals surface area contributed by atoms with Crippen LogP contribution in [0.15, 0.2) is 29.2 Å². The minimum absolute atomic E-state index is 0.126. The van der Waals surface area contributed by atoms with Crippen molar-refractivity contribution in [1.29, 1.82) is 5.26 Å². The Balaban J connectivity index is 2.76. The molecule has 19 heavy (non-hydrogen) atoms. The average molecular weight is 282 g/mol. The van der Waals surface area contributed by atoms with Crippen molar-refractivity contribution in [3.05, 3.63) is 29.8 Å². The lowest BCUT2D eigenvalue weighted by molar-refractivity contribution is 0.281. The Morgan fingerprint density at radius 3 is 2.68 bits per heavy atom. The van der Waals surface area contributed by atoms with E-state index in [0.717, 1.165) is 6.42 Å². The number of hydrogen-bond donors (Lipinski definition) is 1. The van der Waals surface area contributed by atoms with Crippen molar-refractivity contribution in [2.45, 2.75) is 24.2 Å². The van der Waals surface area contributed by atoms with Crippen molar-refractivity contribution in [3.8, 4) is 6.07 Å². The first kappa shape index (κ1) is 15.6. The topological polar surface area (TPSA) is 81.4 Å². The maximum absolute atomic E-state index is 12.2. The van der Waals surface area contributed by atoms with Crippen LogP contribution in [-0.2, 0) is 10.0 Å². The van der Waals surface area contributed by atoms with Crippen LogP contribution >= 0.6 is 0 Å². The maximum Gasteiger partial charge on any atom is 0.242 e. The fourth-order valence-corrected chi connectivity index (χ4v) is 2.91. The Labute approximate surface area is 114 Å². The molecule has 0 saturated carbocycles. The molecular formula is C13H18N2O3S. The summed E-state index contributed by atoms with van der Waals surface area (Å²) < 4.78 is 25.7. The molecule has 0 bridgehead atoms. The monoisotopic (exact) mass is 282 g/mol. The molecular weight excluding hydrogens is 264 g/mol. The van der Waals surface area contributed by atoms with Gasteiger partial charge in [-0.25, -0.2) is 12.7 Å². The van der Waals surface area contributed by atoms with Gasteiger partial charge in [0.2, 0.25) is 10.0 Å². The average Bonchev–Trinajstić information content (AvgIpc) is 2.43. The zero-order valence-electron chi connectivity index (χ0n) is 10.9. The van der Waals surface area contributed by atoms with Crippen LogP contribution in [0.3, 0.4) is 0 Å². The van der Waals surface area contributed by atoms with Gasteiger partial charge in [0, 0.05) is 20.2 Å². The largest absolute Gasteiger partial charge is 0.396 e. The molecule has 0 spiro atoms. The lowest BCUT2D eigenvalue weighted by Crippen LogP contribution is -2.28. The summed E-state index contributed by atoms with van der Waals surface area (Å²) >= 11 is 0. The zero-order chi connectivity index (χ0) is 14.3. The van der Waals surface area contributed by atoms with E-state index in [1.807, 2.05) is 6.07 Å². The van der Waals surface area contributed by atoms with Gasteiger partial charge in [0.05, 0.1) is 16.5 Å². The number of sulfonamides is 1. The molecule has 5 nitrogen and oxygen atoms in total. The maximum atomic E-state index is 12.2. The van der Waals surface area contributed by atoms with E-state index in [0.29, 0.717) is 24.9 Å². The highest BCUT2D eigenvalue weighted by Gasteiger charge is 2.20. The summed E-state index contributed by atoms with van der Waals surface area (Å²) in [4.78, 5) is 0.135.